The summed E-state index contributed by atoms with van der Waals surface area (Å²) in [6, 6.07) is 3.16. The zero-order valence-corrected chi connectivity index (χ0v) is 10.0. The van der Waals surface area contributed by atoms with Gasteiger partial charge in [0.1, 0.15) is 10.8 Å². The monoisotopic (exact) mass is 289 g/mol. The van der Waals surface area contributed by atoms with Crippen molar-refractivity contribution in [3.05, 3.63) is 33.1 Å². The van der Waals surface area contributed by atoms with E-state index in [1.807, 2.05) is 0 Å². The van der Waals surface area contributed by atoms with Crippen LogP contribution in [0.1, 0.15) is 5.69 Å². The van der Waals surface area contributed by atoms with Crippen LogP contribution in [0.2, 0.25) is 5.02 Å². The number of halogens is 3. The number of aromatic hydroxyl groups is 1. The van der Waals surface area contributed by atoms with Gasteiger partial charge < -0.3 is 5.11 Å². The fraction of sp³-hybridized carbons (Fsp3) is 0.100. The van der Waals surface area contributed by atoms with E-state index >= 15 is 0 Å². The minimum Gasteiger partial charge on any atom is -0.505 e. The molecule has 1 aromatic heterocycles. The molecule has 0 atom stereocenters. The largest absolute Gasteiger partial charge is 0.505 e. The van der Waals surface area contributed by atoms with Crippen molar-refractivity contribution in [2.45, 2.75) is 6.92 Å². The Morgan fingerprint density at radius 2 is 2.13 bits per heavy atom. The molecule has 78 valence electrons. The van der Waals surface area contributed by atoms with E-state index in [9.17, 15) is 9.50 Å². The van der Waals surface area contributed by atoms with E-state index in [0.717, 1.165) is 0 Å². The second-order valence-electron chi connectivity index (χ2n) is 3.12. The van der Waals surface area contributed by atoms with Crippen LogP contribution < -0.4 is 0 Å². The molecule has 2 nitrogen and oxygen atoms in total. The Morgan fingerprint density at radius 1 is 1.47 bits per heavy atom. The third-order valence-corrected chi connectivity index (χ3v) is 3.19. The van der Waals surface area contributed by atoms with Crippen molar-refractivity contribution < 1.29 is 9.50 Å². The molecule has 0 aliphatic rings. The SMILES string of the molecule is Cc1nc2ccc(Br)c(F)c2c(O)c1Cl. The van der Waals surface area contributed by atoms with Gasteiger partial charge in [-0.3, -0.25) is 4.98 Å². The van der Waals surface area contributed by atoms with Crippen molar-refractivity contribution in [2.75, 3.05) is 0 Å². The summed E-state index contributed by atoms with van der Waals surface area (Å²) in [5.41, 5.74) is 0.860. The van der Waals surface area contributed by atoms with E-state index in [2.05, 4.69) is 20.9 Å². The maximum absolute atomic E-state index is 13.7. The summed E-state index contributed by atoms with van der Waals surface area (Å²) in [4.78, 5) is 4.09. The minimum atomic E-state index is -0.556. The first-order chi connectivity index (χ1) is 7.02. The van der Waals surface area contributed by atoms with Crippen molar-refractivity contribution in [2.24, 2.45) is 0 Å². The molecule has 0 aliphatic heterocycles. The Morgan fingerprint density at radius 3 is 2.80 bits per heavy atom. The normalized spacial score (nSPS) is 10.9. The number of hydrogen-bond donors (Lipinski definition) is 1. The summed E-state index contributed by atoms with van der Waals surface area (Å²) >= 11 is 8.82. The zero-order valence-electron chi connectivity index (χ0n) is 7.68. The first-order valence-electron chi connectivity index (χ1n) is 4.15. The van der Waals surface area contributed by atoms with Crippen molar-refractivity contribution in [1.82, 2.24) is 4.98 Å². The highest BCUT2D eigenvalue weighted by Crippen LogP contribution is 2.36. The van der Waals surface area contributed by atoms with Gasteiger partial charge in [-0.15, -0.1) is 0 Å². The number of aromatic nitrogens is 1. The van der Waals surface area contributed by atoms with Crippen LogP contribution in [-0.4, -0.2) is 10.1 Å². The van der Waals surface area contributed by atoms with Gasteiger partial charge in [0.25, 0.3) is 0 Å². The Bertz CT molecular complexity index is 559. The third-order valence-electron chi connectivity index (χ3n) is 2.12. The predicted octanol–water partition coefficient (Wildman–Crippen LogP) is 3.80. The molecule has 0 radical (unpaired) electrons. The molecule has 15 heavy (non-hydrogen) atoms. The third kappa shape index (κ3) is 1.58. The molecule has 0 saturated heterocycles. The number of rotatable bonds is 0. The predicted molar refractivity (Wildman–Crippen MR) is 60.8 cm³/mol. The van der Waals surface area contributed by atoms with Gasteiger partial charge in [0.2, 0.25) is 0 Å². The van der Waals surface area contributed by atoms with Crippen LogP contribution in [0.25, 0.3) is 10.9 Å². The summed E-state index contributed by atoms with van der Waals surface area (Å²) in [7, 11) is 0. The van der Waals surface area contributed by atoms with E-state index in [1.165, 1.54) is 6.07 Å². The summed E-state index contributed by atoms with van der Waals surface area (Å²) in [6.07, 6.45) is 0. The molecule has 1 aromatic carbocycles. The van der Waals surface area contributed by atoms with Crippen molar-refractivity contribution >= 4 is 38.4 Å². The molecule has 5 heteroatoms. The summed E-state index contributed by atoms with van der Waals surface area (Å²) < 4.78 is 13.9. The van der Waals surface area contributed by atoms with Gasteiger partial charge in [-0.05, 0) is 35.0 Å². The van der Waals surface area contributed by atoms with Gasteiger partial charge in [-0.1, -0.05) is 11.6 Å². The number of hydrogen-bond acceptors (Lipinski definition) is 2. The molecule has 0 amide bonds. The number of nitrogens with zero attached hydrogens (tertiary/aromatic N) is 1. The number of pyridine rings is 1. The van der Waals surface area contributed by atoms with E-state index < -0.39 is 5.82 Å². The van der Waals surface area contributed by atoms with Gasteiger partial charge in [0.15, 0.2) is 5.82 Å². The van der Waals surface area contributed by atoms with Gasteiger partial charge in [-0.25, -0.2) is 4.39 Å². The minimum absolute atomic E-state index is 0.0416. The highest BCUT2D eigenvalue weighted by molar-refractivity contribution is 9.10. The van der Waals surface area contributed by atoms with Crippen LogP contribution in [0.5, 0.6) is 5.75 Å². The maximum Gasteiger partial charge on any atom is 0.150 e. The number of aryl methyl sites for hydroxylation is 1. The van der Waals surface area contributed by atoms with Gasteiger partial charge >= 0.3 is 0 Å². The molecule has 0 unspecified atom stereocenters. The topological polar surface area (TPSA) is 33.1 Å². The molecular formula is C10H6BrClFNO. The molecule has 2 rings (SSSR count). The highest BCUT2D eigenvalue weighted by atomic mass is 79.9. The molecule has 0 bridgehead atoms. The highest BCUT2D eigenvalue weighted by Gasteiger charge is 2.15. The van der Waals surface area contributed by atoms with Crippen molar-refractivity contribution in [3.8, 4) is 5.75 Å². The van der Waals surface area contributed by atoms with Crippen molar-refractivity contribution in [1.29, 1.82) is 0 Å². The first-order valence-corrected chi connectivity index (χ1v) is 5.32. The molecule has 0 fully saturated rings. The van der Waals surface area contributed by atoms with Crippen molar-refractivity contribution in [3.63, 3.8) is 0 Å². The smallest absolute Gasteiger partial charge is 0.150 e. The summed E-state index contributed by atoms with van der Waals surface area (Å²) in [5, 5.41) is 9.84. The lowest BCUT2D eigenvalue weighted by atomic mass is 10.1. The fourth-order valence-corrected chi connectivity index (χ4v) is 1.84. The molecule has 1 N–H and O–H groups in total. The van der Waals surface area contributed by atoms with Crippen LogP contribution in [0, 0.1) is 12.7 Å². The van der Waals surface area contributed by atoms with Gasteiger partial charge in [0.05, 0.1) is 21.1 Å². The van der Waals surface area contributed by atoms with Crippen LogP contribution in [-0.2, 0) is 0 Å². The lowest BCUT2D eigenvalue weighted by Gasteiger charge is -2.07. The van der Waals surface area contributed by atoms with Gasteiger partial charge in [0, 0.05) is 0 Å². The fourth-order valence-electron chi connectivity index (χ4n) is 1.37. The standard InChI is InChI=1S/C10H6BrClFNO/c1-4-8(12)10(15)7-6(14-4)3-2-5(11)9(7)13/h2-3H,1H3,(H,14,15). The van der Waals surface area contributed by atoms with Crippen LogP contribution in [0.4, 0.5) is 4.39 Å². The summed E-state index contributed by atoms with van der Waals surface area (Å²) in [5.74, 6) is -0.822. The maximum atomic E-state index is 13.7. The molecule has 0 saturated carbocycles. The van der Waals surface area contributed by atoms with Crippen LogP contribution in [0.15, 0.2) is 16.6 Å². The second kappa shape index (κ2) is 3.61. The molecule has 2 aromatic rings. The molecular weight excluding hydrogens is 284 g/mol. The number of benzene rings is 1. The summed E-state index contributed by atoms with van der Waals surface area (Å²) in [6.45, 7) is 1.65. The van der Waals surface area contributed by atoms with Crippen LogP contribution in [0.3, 0.4) is 0 Å². The first kappa shape index (κ1) is 10.6. The Balaban J connectivity index is 3.00. The number of fused-ring (bicyclic) bond motifs is 1. The lowest BCUT2D eigenvalue weighted by Crippen LogP contribution is -1.90. The van der Waals surface area contributed by atoms with E-state index in [4.69, 9.17) is 11.6 Å². The van der Waals surface area contributed by atoms with E-state index in [1.54, 1.807) is 13.0 Å². The average molecular weight is 291 g/mol. The molecule has 1 heterocycles. The average Bonchev–Trinajstić information content (AvgIpc) is 2.20. The van der Waals surface area contributed by atoms with E-state index in [-0.39, 0.29) is 20.6 Å². The zero-order chi connectivity index (χ0) is 11.2. The second-order valence-corrected chi connectivity index (χ2v) is 4.35. The van der Waals surface area contributed by atoms with Crippen LogP contribution >= 0.6 is 27.5 Å². The Labute approximate surface area is 98.8 Å². The Hall–Kier alpha value is -0.870. The van der Waals surface area contributed by atoms with Gasteiger partial charge in [-0.2, -0.15) is 0 Å². The molecule has 0 spiro atoms. The lowest BCUT2D eigenvalue weighted by molar-refractivity contribution is 0.477. The van der Waals surface area contributed by atoms with E-state index in [0.29, 0.717) is 11.2 Å². The Kier molecular flexibility index (Phi) is 2.56. The quantitative estimate of drug-likeness (QED) is 0.800. The molecule has 0 aliphatic carbocycles.